The maximum atomic E-state index is 12.5. The van der Waals surface area contributed by atoms with Crippen molar-refractivity contribution >= 4 is 5.97 Å². The van der Waals surface area contributed by atoms with Crippen LogP contribution in [-0.2, 0) is 4.79 Å². The van der Waals surface area contributed by atoms with Gasteiger partial charge in [0.25, 0.3) is 0 Å². The molecule has 17 heavy (non-hydrogen) atoms. The third kappa shape index (κ3) is 5.91. The number of alkyl halides is 3. The molecule has 0 amide bonds. The van der Waals surface area contributed by atoms with E-state index in [9.17, 15) is 18.0 Å². The number of nitrogens with zero attached hydrogens (tertiary/aromatic N) is 1. The molecule has 0 bridgehead atoms. The van der Waals surface area contributed by atoms with Crippen molar-refractivity contribution in [1.82, 2.24) is 4.90 Å². The molecule has 0 spiro atoms. The molecule has 0 rings (SSSR count). The highest BCUT2D eigenvalue weighted by Gasteiger charge is 2.46. The highest BCUT2D eigenvalue weighted by Crippen LogP contribution is 2.28. The highest BCUT2D eigenvalue weighted by molar-refractivity contribution is 5.71. The highest BCUT2D eigenvalue weighted by atomic mass is 19.4. The Balaban J connectivity index is 4.75. The summed E-state index contributed by atoms with van der Waals surface area (Å²) in [4.78, 5) is 12.2. The summed E-state index contributed by atoms with van der Waals surface area (Å²) in [5.74, 6) is -3.93. The molecule has 0 fully saturated rings. The lowest BCUT2D eigenvalue weighted by Crippen LogP contribution is -2.45. The zero-order valence-electron chi connectivity index (χ0n) is 10.6. The molecule has 6 heteroatoms. The predicted octanol–water partition coefficient (Wildman–Crippen LogP) is 2.62. The van der Waals surface area contributed by atoms with E-state index in [2.05, 4.69) is 0 Å². The van der Waals surface area contributed by atoms with E-state index < -0.39 is 24.6 Å². The number of hydrogen-bond donors (Lipinski definition) is 1. The van der Waals surface area contributed by atoms with Gasteiger partial charge in [0.1, 0.15) is 0 Å². The lowest BCUT2D eigenvalue weighted by Gasteiger charge is -2.31. The largest absolute Gasteiger partial charge is 0.481 e. The van der Waals surface area contributed by atoms with Crippen molar-refractivity contribution in [2.24, 2.45) is 11.8 Å². The fraction of sp³-hybridized carbons (Fsp3) is 0.909. The Morgan fingerprint density at radius 2 is 1.65 bits per heavy atom. The molecule has 0 aromatic carbocycles. The van der Waals surface area contributed by atoms with Crippen LogP contribution in [0.4, 0.5) is 13.2 Å². The maximum Gasteiger partial charge on any atom is 0.403 e. The fourth-order valence-corrected chi connectivity index (χ4v) is 1.52. The van der Waals surface area contributed by atoms with Gasteiger partial charge in [0.2, 0.25) is 0 Å². The molecule has 0 radical (unpaired) electrons. The van der Waals surface area contributed by atoms with Gasteiger partial charge in [-0.05, 0) is 19.8 Å². The predicted molar refractivity (Wildman–Crippen MR) is 58.7 cm³/mol. The lowest BCUT2D eigenvalue weighted by atomic mass is 10.1. The average Bonchev–Trinajstić information content (AvgIpc) is 2.07. The molecule has 102 valence electrons. The first-order valence-electron chi connectivity index (χ1n) is 5.59. The topological polar surface area (TPSA) is 40.5 Å². The number of carbonyl (C=O) groups is 1. The van der Waals surface area contributed by atoms with Crippen LogP contribution in [0.25, 0.3) is 0 Å². The van der Waals surface area contributed by atoms with Crippen molar-refractivity contribution in [3.05, 3.63) is 0 Å². The zero-order valence-corrected chi connectivity index (χ0v) is 10.6. The molecule has 0 saturated heterocycles. The Labute approximate surface area is 99.6 Å². The van der Waals surface area contributed by atoms with Crippen LogP contribution in [-0.4, -0.2) is 41.3 Å². The summed E-state index contributed by atoms with van der Waals surface area (Å²) in [5, 5.41) is 8.63. The number of carboxylic acid groups (broad SMARTS) is 1. The SMILES string of the molecule is CC(C)CN(CC(C(=O)O)C(F)(F)F)C(C)C. The molecule has 0 saturated carbocycles. The third-order valence-electron chi connectivity index (χ3n) is 2.44. The first-order chi connectivity index (χ1) is 7.55. The van der Waals surface area contributed by atoms with Crippen molar-refractivity contribution in [1.29, 1.82) is 0 Å². The first-order valence-corrected chi connectivity index (χ1v) is 5.59. The van der Waals surface area contributed by atoms with Gasteiger partial charge < -0.3 is 5.11 Å². The molecule has 0 aliphatic rings. The van der Waals surface area contributed by atoms with Crippen LogP contribution in [0, 0.1) is 11.8 Å². The Kier molecular flexibility index (Phi) is 5.95. The molecule has 0 aliphatic carbocycles. The summed E-state index contributed by atoms with van der Waals surface area (Å²) >= 11 is 0. The van der Waals surface area contributed by atoms with Gasteiger partial charge in [-0.3, -0.25) is 9.69 Å². The lowest BCUT2D eigenvalue weighted by molar-refractivity contribution is -0.197. The quantitative estimate of drug-likeness (QED) is 0.793. The summed E-state index contributed by atoms with van der Waals surface area (Å²) in [6.07, 6.45) is -4.70. The molecule has 0 heterocycles. The normalized spacial score (nSPS) is 14.7. The van der Waals surface area contributed by atoms with Crippen molar-refractivity contribution < 1.29 is 23.1 Å². The van der Waals surface area contributed by atoms with Crippen LogP contribution in [0.1, 0.15) is 27.7 Å². The van der Waals surface area contributed by atoms with Gasteiger partial charge in [-0.1, -0.05) is 13.8 Å². The smallest absolute Gasteiger partial charge is 0.403 e. The van der Waals surface area contributed by atoms with E-state index in [-0.39, 0.29) is 12.0 Å². The number of carboxylic acids is 1. The van der Waals surface area contributed by atoms with E-state index in [0.29, 0.717) is 6.54 Å². The van der Waals surface area contributed by atoms with Gasteiger partial charge in [0.05, 0.1) is 0 Å². The van der Waals surface area contributed by atoms with Crippen LogP contribution in [0.3, 0.4) is 0 Å². The van der Waals surface area contributed by atoms with Crippen LogP contribution in [0.5, 0.6) is 0 Å². The Hall–Kier alpha value is -0.780. The minimum absolute atomic E-state index is 0.110. The van der Waals surface area contributed by atoms with E-state index in [1.54, 1.807) is 18.7 Å². The standard InChI is InChI=1S/C11H20F3NO2/c1-7(2)5-15(8(3)4)6-9(10(16)17)11(12,13)14/h7-9H,5-6H2,1-4H3,(H,16,17). The van der Waals surface area contributed by atoms with E-state index >= 15 is 0 Å². The summed E-state index contributed by atoms with van der Waals surface area (Å²) in [6.45, 7) is 7.26. The maximum absolute atomic E-state index is 12.5. The number of hydrogen-bond acceptors (Lipinski definition) is 2. The average molecular weight is 255 g/mol. The molecule has 0 aromatic rings. The molecular weight excluding hydrogens is 235 g/mol. The van der Waals surface area contributed by atoms with Gasteiger partial charge in [0, 0.05) is 19.1 Å². The zero-order chi connectivity index (χ0) is 13.8. The Bertz CT molecular complexity index is 252. The van der Waals surface area contributed by atoms with Crippen LogP contribution >= 0.6 is 0 Å². The van der Waals surface area contributed by atoms with Gasteiger partial charge >= 0.3 is 12.1 Å². The Morgan fingerprint density at radius 3 is 1.88 bits per heavy atom. The molecule has 0 aliphatic heterocycles. The van der Waals surface area contributed by atoms with Crippen molar-refractivity contribution in [3.8, 4) is 0 Å². The third-order valence-corrected chi connectivity index (χ3v) is 2.44. The minimum Gasteiger partial charge on any atom is -0.481 e. The van der Waals surface area contributed by atoms with Crippen LogP contribution in [0.2, 0.25) is 0 Å². The summed E-state index contributed by atoms with van der Waals surface area (Å²) in [6, 6.07) is -0.110. The second-order valence-electron chi connectivity index (χ2n) is 4.87. The molecule has 1 N–H and O–H groups in total. The van der Waals surface area contributed by atoms with Gasteiger partial charge in [0.15, 0.2) is 5.92 Å². The summed E-state index contributed by atoms with van der Waals surface area (Å²) in [7, 11) is 0. The van der Waals surface area contributed by atoms with Gasteiger partial charge in [-0.25, -0.2) is 0 Å². The van der Waals surface area contributed by atoms with E-state index in [1.807, 2.05) is 13.8 Å². The molecule has 1 unspecified atom stereocenters. The van der Waals surface area contributed by atoms with Crippen LogP contribution in [0.15, 0.2) is 0 Å². The van der Waals surface area contributed by atoms with Crippen molar-refractivity contribution in [3.63, 3.8) is 0 Å². The van der Waals surface area contributed by atoms with Gasteiger partial charge in [-0.15, -0.1) is 0 Å². The second kappa shape index (κ2) is 6.23. The molecule has 0 aromatic heterocycles. The minimum atomic E-state index is -4.70. The van der Waals surface area contributed by atoms with Gasteiger partial charge in [-0.2, -0.15) is 13.2 Å². The summed E-state index contributed by atoms with van der Waals surface area (Å²) in [5.41, 5.74) is 0. The number of rotatable bonds is 6. The first kappa shape index (κ1) is 16.2. The summed E-state index contributed by atoms with van der Waals surface area (Å²) < 4.78 is 37.6. The monoisotopic (exact) mass is 255 g/mol. The Morgan fingerprint density at radius 1 is 1.18 bits per heavy atom. The number of aliphatic carboxylic acids is 1. The molecule has 1 atom stereocenters. The van der Waals surface area contributed by atoms with E-state index in [0.717, 1.165) is 0 Å². The molecular formula is C11H20F3NO2. The fourth-order valence-electron chi connectivity index (χ4n) is 1.52. The van der Waals surface area contributed by atoms with E-state index in [4.69, 9.17) is 5.11 Å². The van der Waals surface area contributed by atoms with Crippen molar-refractivity contribution in [2.75, 3.05) is 13.1 Å². The second-order valence-corrected chi connectivity index (χ2v) is 4.87. The van der Waals surface area contributed by atoms with Crippen molar-refractivity contribution in [2.45, 2.75) is 39.9 Å². The van der Waals surface area contributed by atoms with E-state index in [1.165, 1.54) is 0 Å². The number of halogens is 3. The molecule has 3 nitrogen and oxygen atoms in total. The van der Waals surface area contributed by atoms with Crippen LogP contribution < -0.4 is 0 Å².